The molecule has 0 saturated carbocycles. The first-order chi connectivity index (χ1) is 13.7. The van der Waals surface area contributed by atoms with Crippen molar-refractivity contribution in [1.82, 2.24) is 19.2 Å². The normalized spacial score (nSPS) is 17.1. The molecule has 2 aromatic heterocycles. The Morgan fingerprint density at radius 3 is 2.82 bits per heavy atom. The molecule has 1 aliphatic heterocycles. The monoisotopic (exact) mass is 412 g/mol. The Balaban J connectivity index is 1.66. The van der Waals surface area contributed by atoms with E-state index in [-0.39, 0.29) is 0 Å². The lowest BCUT2D eigenvalue weighted by molar-refractivity contribution is 0.192. The van der Waals surface area contributed by atoms with E-state index in [0.717, 1.165) is 28.5 Å². The molecule has 0 amide bonds. The minimum Gasteiger partial charge on any atom is -0.497 e. The fourth-order valence-electron chi connectivity index (χ4n) is 3.75. The van der Waals surface area contributed by atoms with Crippen LogP contribution in [-0.2, 0) is 13.2 Å². The van der Waals surface area contributed by atoms with Crippen molar-refractivity contribution in [1.29, 1.82) is 0 Å². The number of hydrogen-bond acceptors (Lipinski definition) is 5. The van der Waals surface area contributed by atoms with Gasteiger partial charge in [-0.2, -0.15) is 5.10 Å². The Kier molecular flexibility index (Phi) is 5.75. The maximum atomic E-state index is 5.77. The summed E-state index contributed by atoms with van der Waals surface area (Å²) < 4.78 is 9.99. The summed E-state index contributed by atoms with van der Waals surface area (Å²) in [5, 5.41) is 7.03. The Morgan fingerprint density at radius 1 is 1.32 bits per heavy atom. The van der Waals surface area contributed by atoms with Gasteiger partial charge in [-0.05, 0) is 60.8 Å². The highest BCUT2D eigenvalue weighted by molar-refractivity contribution is 7.71. The number of hydrogen-bond donors (Lipinski definition) is 0. The van der Waals surface area contributed by atoms with Gasteiger partial charge < -0.3 is 4.74 Å². The third-order valence-electron chi connectivity index (χ3n) is 5.13. The van der Waals surface area contributed by atoms with Crippen molar-refractivity contribution < 1.29 is 4.74 Å². The second-order valence-corrected chi connectivity index (χ2v) is 8.21. The van der Waals surface area contributed by atoms with Crippen LogP contribution in [0.3, 0.4) is 0 Å². The molecule has 0 radical (unpaired) electrons. The van der Waals surface area contributed by atoms with E-state index in [1.807, 2.05) is 50.9 Å². The predicted molar refractivity (Wildman–Crippen MR) is 116 cm³/mol. The molecular formula is C21H24N4OS2. The minimum absolute atomic E-state index is 0.455. The van der Waals surface area contributed by atoms with Crippen LogP contribution < -0.4 is 4.74 Å². The Morgan fingerprint density at radius 2 is 2.14 bits per heavy atom. The first-order valence-corrected chi connectivity index (χ1v) is 10.7. The van der Waals surface area contributed by atoms with Gasteiger partial charge in [-0.25, -0.2) is 4.68 Å². The van der Waals surface area contributed by atoms with Crippen molar-refractivity contribution >= 4 is 23.6 Å². The smallest absolute Gasteiger partial charge is 0.199 e. The van der Waals surface area contributed by atoms with E-state index in [9.17, 15) is 0 Å². The minimum atomic E-state index is 0.455. The van der Waals surface area contributed by atoms with Crippen LogP contribution >= 0.6 is 23.6 Å². The van der Waals surface area contributed by atoms with Crippen molar-refractivity contribution in [3.05, 3.63) is 64.1 Å². The molecule has 1 saturated heterocycles. The molecule has 7 heteroatoms. The third kappa shape index (κ3) is 3.70. The number of thiophene rings is 1. The number of nitrogens with zero attached hydrogens (tertiary/aromatic N) is 4. The summed E-state index contributed by atoms with van der Waals surface area (Å²) in [4.78, 5) is 3.90. The Bertz CT molecular complexity index is 989. The summed E-state index contributed by atoms with van der Waals surface area (Å²) >= 11 is 7.59. The molecule has 5 nitrogen and oxygen atoms in total. The average Bonchev–Trinajstić information content (AvgIpc) is 3.45. The van der Waals surface area contributed by atoms with E-state index in [2.05, 4.69) is 29.0 Å². The topological polar surface area (TPSA) is 35.2 Å². The zero-order valence-electron chi connectivity index (χ0n) is 16.0. The predicted octanol–water partition coefficient (Wildman–Crippen LogP) is 5.13. The molecule has 0 bridgehead atoms. The van der Waals surface area contributed by atoms with E-state index >= 15 is 0 Å². The maximum absolute atomic E-state index is 5.77. The zero-order valence-corrected chi connectivity index (χ0v) is 17.6. The lowest BCUT2D eigenvalue weighted by Crippen LogP contribution is -2.26. The molecule has 1 atom stereocenters. The number of aromatic nitrogens is 3. The van der Waals surface area contributed by atoms with E-state index in [1.54, 1.807) is 7.11 Å². The highest BCUT2D eigenvalue weighted by Gasteiger charge is 2.27. The fraction of sp³-hybridized carbons (Fsp3) is 0.333. The van der Waals surface area contributed by atoms with E-state index in [1.165, 1.54) is 17.7 Å². The molecule has 0 N–H and O–H groups in total. The number of benzene rings is 1. The van der Waals surface area contributed by atoms with Gasteiger partial charge in [0.1, 0.15) is 5.75 Å². The molecular weight excluding hydrogens is 388 g/mol. The molecule has 28 heavy (non-hydrogen) atoms. The standard InChI is InChI=1S/C21H24N4OS2/c1-3-12-24-20(16-8-10-17(26-2)11-9-16)22-25(21(24)27)15-23-13-4-6-18(23)19-7-5-14-28-19/h3,5,7-11,14,18H,1,4,6,12-13,15H2,2H3/t18-/m1/s1. The van der Waals surface area contributed by atoms with Gasteiger partial charge in [0.2, 0.25) is 0 Å². The van der Waals surface area contributed by atoms with Crippen LogP contribution in [0.15, 0.2) is 54.4 Å². The van der Waals surface area contributed by atoms with Crippen LogP contribution in [0.5, 0.6) is 5.75 Å². The zero-order chi connectivity index (χ0) is 19.5. The highest BCUT2D eigenvalue weighted by atomic mass is 32.1. The van der Waals surface area contributed by atoms with Crippen LogP contribution in [0, 0.1) is 4.77 Å². The molecule has 1 fully saturated rings. The number of allylic oxidation sites excluding steroid dienone is 1. The maximum Gasteiger partial charge on any atom is 0.199 e. The first-order valence-electron chi connectivity index (χ1n) is 9.41. The van der Waals surface area contributed by atoms with Crippen molar-refractivity contribution in [2.75, 3.05) is 13.7 Å². The lowest BCUT2D eigenvalue weighted by atomic mass is 10.2. The second kappa shape index (κ2) is 8.43. The van der Waals surface area contributed by atoms with Gasteiger partial charge in [0.05, 0.1) is 13.8 Å². The average molecular weight is 413 g/mol. The largest absolute Gasteiger partial charge is 0.497 e. The number of ether oxygens (including phenoxy) is 1. The number of methoxy groups -OCH3 is 1. The lowest BCUT2D eigenvalue weighted by Gasteiger charge is -2.23. The van der Waals surface area contributed by atoms with Crippen LogP contribution in [0.25, 0.3) is 11.4 Å². The van der Waals surface area contributed by atoms with Crippen LogP contribution in [0.1, 0.15) is 23.8 Å². The second-order valence-electron chi connectivity index (χ2n) is 6.86. The van der Waals surface area contributed by atoms with Crippen LogP contribution in [-0.4, -0.2) is 32.9 Å². The quantitative estimate of drug-likeness (QED) is 0.398. The fourth-order valence-corrected chi connectivity index (χ4v) is 4.91. The summed E-state index contributed by atoms with van der Waals surface area (Å²) in [5.41, 5.74) is 1.02. The molecule has 146 valence electrons. The van der Waals surface area contributed by atoms with E-state index in [4.69, 9.17) is 22.1 Å². The van der Waals surface area contributed by atoms with Gasteiger partial charge in [0.25, 0.3) is 0 Å². The molecule has 0 aliphatic carbocycles. The molecule has 4 rings (SSSR count). The van der Waals surface area contributed by atoms with Crippen LogP contribution in [0.2, 0.25) is 0 Å². The molecule has 1 aliphatic rings. The van der Waals surface area contributed by atoms with Crippen molar-refractivity contribution in [3.63, 3.8) is 0 Å². The van der Waals surface area contributed by atoms with Crippen molar-refractivity contribution in [2.45, 2.75) is 32.1 Å². The van der Waals surface area contributed by atoms with Crippen molar-refractivity contribution in [3.8, 4) is 17.1 Å². The summed E-state index contributed by atoms with van der Waals surface area (Å²) in [7, 11) is 1.67. The summed E-state index contributed by atoms with van der Waals surface area (Å²) in [6, 6.07) is 12.7. The molecule has 0 spiro atoms. The molecule has 3 aromatic rings. The highest BCUT2D eigenvalue weighted by Crippen LogP contribution is 2.35. The van der Waals surface area contributed by atoms with Gasteiger partial charge in [-0.15, -0.1) is 17.9 Å². The van der Waals surface area contributed by atoms with Gasteiger partial charge in [0, 0.05) is 29.6 Å². The van der Waals surface area contributed by atoms with Gasteiger partial charge >= 0.3 is 0 Å². The third-order valence-corrected chi connectivity index (χ3v) is 6.54. The van der Waals surface area contributed by atoms with Crippen LogP contribution in [0.4, 0.5) is 0 Å². The Labute approximate surface area is 174 Å². The first kappa shape index (κ1) is 19.1. The van der Waals surface area contributed by atoms with Gasteiger partial charge in [0.15, 0.2) is 10.6 Å². The summed E-state index contributed by atoms with van der Waals surface area (Å²) in [5.74, 6) is 1.69. The molecule has 1 aromatic carbocycles. The number of likely N-dealkylation sites (tertiary alicyclic amines) is 1. The van der Waals surface area contributed by atoms with E-state index in [0.29, 0.717) is 19.3 Å². The molecule has 3 heterocycles. The summed E-state index contributed by atoms with van der Waals surface area (Å²) in [6.45, 7) is 6.29. The SMILES string of the molecule is C=CCn1c(-c2ccc(OC)cc2)nn(CN2CCC[C@@H]2c2cccs2)c1=S. The Hall–Kier alpha value is -2.22. The van der Waals surface area contributed by atoms with E-state index < -0.39 is 0 Å². The number of rotatable bonds is 7. The molecule has 0 unspecified atom stereocenters. The summed E-state index contributed by atoms with van der Waals surface area (Å²) in [6.07, 6.45) is 4.25. The van der Waals surface area contributed by atoms with Gasteiger partial charge in [-0.1, -0.05) is 12.1 Å². The van der Waals surface area contributed by atoms with Crippen molar-refractivity contribution in [2.24, 2.45) is 0 Å². The van der Waals surface area contributed by atoms with Gasteiger partial charge in [-0.3, -0.25) is 9.47 Å².